The van der Waals surface area contributed by atoms with Crippen LogP contribution in [0.2, 0.25) is 0 Å². The summed E-state index contributed by atoms with van der Waals surface area (Å²) in [6.45, 7) is 1.54. The summed E-state index contributed by atoms with van der Waals surface area (Å²) in [4.78, 5) is 10.3. The van der Waals surface area contributed by atoms with Crippen LogP contribution in [0.15, 0.2) is 42.0 Å². The van der Waals surface area contributed by atoms with E-state index in [1.165, 1.54) is 6.92 Å². The van der Waals surface area contributed by atoms with Gasteiger partial charge in [-0.3, -0.25) is 0 Å². The minimum absolute atomic E-state index is 0.281. The second-order valence-electron chi connectivity index (χ2n) is 2.86. The van der Waals surface area contributed by atoms with Gasteiger partial charge in [0, 0.05) is 0 Å². The zero-order chi connectivity index (χ0) is 9.68. The number of rotatable bonds is 3. The van der Waals surface area contributed by atoms with Crippen molar-refractivity contribution >= 4 is 5.97 Å². The number of carbonyl (C=O) groups is 1. The number of benzene rings is 1. The van der Waals surface area contributed by atoms with Crippen molar-refractivity contribution in [1.82, 2.24) is 0 Å². The van der Waals surface area contributed by atoms with E-state index in [0.717, 1.165) is 5.56 Å². The molecule has 0 amide bonds. The minimum Gasteiger partial charge on any atom is -0.545 e. The molecule has 68 valence electrons. The maximum absolute atomic E-state index is 10.3. The highest BCUT2D eigenvalue weighted by molar-refractivity contribution is 5.83. The quantitative estimate of drug-likeness (QED) is 0.641. The third-order valence-corrected chi connectivity index (χ3v) is 1.81. The van der Waals surface area contributed by atoms with Crippen molar-refractivity contribution in [2.45, 2.75) is 13.3 Å². The van der Waals surface area contributed by atoms with Gasteiger partial charge in [0.25, 0.3) is 0 Å². The summed E-state index contributed by atoms with van der Waals surface area (Å²) in [7, 11) is 0. The van der Waals surface area contributed by atoms with E-state index in [-0.39, 0.29) is 5.57 Å². The lowest BCUT2D eigenvalue weighted by molar-refractivity contribution is -0.299. The summed E-state index contributed by atoms with van der Waals surface area (Å²) in [6, 6.07) is 9.70. The highest BCUT2D eigenvalue weighted by atomic mass is 16.4. The van der Waals surface area contributed by atoms with Gasteiger partial charge in [0.15, 0.2) is 0 Å². The molecule has 0 atom stereocenters. The largest absolute Gasteiger partial charge is 0.545 e. The first-order valence-corrected chi connectivity index (χ1v) is 4.12. The molecule has 0 saturated heterocycles. The summed E-state index contributed by atoms with van der Waals surface area (Å²) in [6.07, 6.45) is 2.30. The molecule has 0 aliphatic rings. The standard InChI is InChI=1S/C11H12O2/c1-9(11(12)13)7-8-10-5-3-2-4-6-10/h2-7H,8H2,1H3,(H,12,13)/p-1/b9-7+. The van der Waals surface area contributed by atoms with Crippen LogP contribution in [-0.4, -0.2) is 5.97 Å². The molecule has 1 rings (SSSR count). The smallest absolute Gasteiger partial charge is 0.0668 e. The Balaban J connectivity index is 2.62. The monoisotopic (exact) mass is 175 g/mol. The highest BCUT2D eigenvalue weighted by Gasteiger charge is 1.90. The zero-order valence-corrected chi connectivity index (χ0v) is 7.49. The van der Waals surface area contributed by atoms with E-state index in [1.54, 1.807) is 6.08 Å². The van der Waals surface area contributed by atoms with Gasteiger partial charge in [0.2, 0.25) is 0 Å². The van der Waals surface area contributed by atoms with Gasteiger partial charge in [-0.05, 0) is 24.5 Å². The normalized spacial score (nSPS) is 11.3. The molecule has 0 heterocycles. The van der Waals surface area contributed by atoms with Crippen molar-refractivity contribution in [1.29, 1.82) is 0 Å². The first kappa shape index (κ1) is 9.52. The van der Waals surface area contributed by atoms with Crippen molar-refractivity contribution in [3.8, 4) is 0 Å². The molecule has 0 unspecified atom stereocenters. The van der Waals surface area contributed by atoms with E-state index in [4.69, 9.17) is 0 Å². The third-order valence-electron chi connectivity index (χ3n) is 1.81. The number of carboxylic acid groups (broad SMARTS) is 1. The molecule has 0 N–H and O–H groups in total. The second kappa shape index (κ2) is 4.45. The first-order valence-electron chi connectivity index (χ1n) is 4.12. The van der Waals surface area contributed by atoms with E-state index >= 15 is 0 Å². The molecule has 0 aliphatic heterocycles. The fourth-order valence-corrected chi connectivity index (χ4v) is 0.968. The Morgan fingerprint density at radius 1 is 1.38 bits per heavy atom. The molecule has 0 radical (unpaired) electrons. The maximum Gasteiger partial charge on any atom is 0.0668 e. The lowest BCUT2D eigenvalue weighted by Crippen LogP contribution is -2.23. The Morgan fingerprint density at radius 2 is 2.00 bits per heavy atom. The van der Waals surface area contributed by atoms with Crippen LogP contribution < -0.4 is 5.11 Å². The predicted molar refractivity (Wildman–Crippen MR) is 48.9 cm³/mol. The molecule has 0 fully saturated rings. The van der Waals surface area contributed by atoms with Crippen molar-refractivity contribution in [2.75, 3.05) is 0 Å². The van der Waals surface area contributed by atoms with Gasteiger partial charge in [-0.15, -0.1) is 0 Å². The van der Waals surface area contributed by atoms with Gasteiger partial charge in [-0.1, -0.05) is 36.4 Å². The fraction of sp³-hybridized carbons (Fsp3) is 0.182. The molecule has 2 nitrogen and oxygen atoms in total. The molecule has 0 bridgehead atoms. The van der Waals surface area contributed by atoms with Crippen molar-refractivity contribution in [2.24, 2.45) is 0 Å². The average molecular weight is 175 g/mol. The summed E-state index contributed by atoms with van der Waals surface area (Å²) >= 11 is 0. The van der Waals surface area contributed by atoms with Gasteiger partial charge in [-0.25, -0.2) is 0 Å². The molecule has 0 saturated carbocycles. The summed E-state index contributed by atoms with van der Waals surface area (Å²) in [5.41, 5.74) is 1.38. The number of hydrogen-bond acceptors (Lipinski definition) is 2. The van der Waals surface area contributed by atoms with Crippen LogP contribution in [0, 0.1) is 0 Å². The molecule has 0 spiro atoms. The van der Waals surface area contributed by atoms with Crippen LogP contribution in [0.5, 0.6) is 0 Å². The van der Waals surface area contributed by atoms with Crippen molar-refractivity contribution in [3.63, 3.8) is 0 Å². The van der Waals surface area contributed by atoms with E-state index in [9.17, 15) is 9.90 Å². The van der Waals surface area contributed by atoms with Crippen molar-refractivity contribution < 1.29 is 9.90 Å². The molecule has 0 aliphatic carbocycles. The first-order chi connectivity index (χ1) is 6.20. The minimum atomic E-state index is -1.10. The van der Waals surface area contributed by atoms with Gasteiger partial charge in [-0.2, -0.15) is 0 Å². The fourth-order valence-electron chi connectivity index (χ4n) is 0.968. The molecule has 0 aromatic heterocycles. The van der Waals surface area contributed by atoms with Crippen LogP contribution in [0.3, 0.4) is 0 Å². The second-order valence-corrected chi connectivity index (χ2v) is 2.86. The molecule has 13 heavy (non-hydrogen) atoms. The molecular weight excluding hydrogens is 164 g/mol. The lowest BCUT2D eigenvalue weighted by atomic mass is 10.1. The zero-order valence-electron chi connectivity index (χ0n) is 7.49. The Hall–Kier alpha value is -1.57. The molecular formula is C11H11O2-. The summed E-state index contributed by atoms with van der Waals surface area (Å²) < 4.78 is 0. The number of hydrogen-bond donors (Lipinski definition) is 0. The van der Waals surface area contributed by atoms with Gasteiger partial charge in [0.1, 0.15) is 0 Å². The van der Waals surface area contributed by atoms with E-state index < -0.39 is 5.97 Å². The Morgan fingerprint density at radius 3 is 2.54 bits per heavy atom. The summed E-state index contributed by atoms with van der Waals surface area (Å²) in [5, 5.41) is 10.3. The predicted octanol–water partition coefficient (Wildman–Crippen LogP) is 0.925. The Bertz CT molecular complexity index is 312. The number of aliphatic carboxylic acids is 1. The topological polar surface area (TPSA) is 40.1 Å². The van der Waals surface area contributed by atoms with Crippen LogP contribution >= 0.6 is 0 Å². The molecule has 2 heteroatoms. The summed E-state index contributed by atoms with van der Waals surface area (Å²) in [5.74, 6) is -1.10. The third kappa shape index (κ3) is 3.11. The van der Waals surface area contributed by atoms with Crippen LogP contribution in [0.1, 0.15) is 12.5 Å². The number of carbonyl (C=O) groups excluding carboxylic acids is 1. The number of allylic oxidation sites excluding steroid dienone is 1. The SMILES string of the molecule is C/C(=C\Cc1ccccc1)C(=O)[O-]. The van der Waals surface area contributed by atoms with Gasteiger partial charge in [0.05, 0.1) is 5.97 Å². The van der Waals surface area contributed by atoms with Crippen LogP contribution in [0.25, 0.3) is 0 Å². The highest BCUT2D eigenvalue weighted by Crippen LogP contribution is 2.02. The lowest BCUT2D eigenvalue weighted by Gasteiger charge is -2.01. The number of carboxylic acids is 1. The van der Waals surface area contributed by atoms with Crippen molar-refractivity contribution in [3.05, 3.63) is 47.5 Å². The van der Waals surface area contributed by atoms with E-state index in [0.29, 0.717) is 6.42 Å². The van der Waals surface area contributed by atoms with E-state index in [1.807, 2.05) is 30.3 Å². The van der Waals surface area contributed by atoms with Crippen LogP contribution in [-0.2, 0) is 11.2 Å². The Labute approximate surface area is 77.5 Å². The molecule has 1 aromatic rings. The maximum atomic E-state index is 10.3. The average Bonchev–Trinajstić information content (AvgIpc) is 2.15. The van der Waals surface area contributed by atoms with E-state index in [2.05, 4.69) is 0 Å². The van der Waals surface area contributed by atoms with Crippen LogP contribution in [0.4, 0.5) is 0 Å². The Kier molecular flexibility index (Phi) is 3.26. The van der Waals surface area contributed by atoms with Gasteiger partial charge >= 0.3 is 0 Å². The molecule has 1 aromatic carbocycles. The van der Waals surface area contributed by atoms with Gasteiger partial charge < -0.3 is 9.90 Å².